The van der Waals surface area contributed by atoms with Crippen LogP contribution < -0.4 is 5.73 Å². The van der Waals surface area contributed by atoms with Gasteiger partial charge in [0.25, 0.3) is 0 Å². The molecular formula is C14H17F2N3. The quantitative estimate of drug-likeness (QED) is 0.900. The minimum Gasteiger partial charge on any atom is -0.338 e. The standard InChI is InChI=1S/C14H17F2N3/c1-19-5-4-18-14(19)3-2-13(17)8-10-6-11(15)9-12(16)7-10/h4-7,9,13H,2-3,8,17H2,1H3. The number of nitrogens with two attached hydrogens (primary N) is 1. The van der Waals surface area contributed by atoms with Crippen molar-refractivity contribution in [3.8, 4) is 0 Å². The fourth-order valence-electron chi connectivity index (χ4n) is 2.09. The Hall–Kier alpha value is -1.75. The molecule has 0 spiro atoms. The lowest BCUT2D eigenvalue weighted by Gasteiger charge is -2.11. The number of aryl methyl sites for hydroxylation is 2. The normalized spacial score (nSPS) is 12.6. The fraction of sp³-hybridized carbons (Fsp3) is 0.357. The molecule has 0 saturated heterocycles. The van der Waals surface area contributed by atoms with E-state index < -0.39 is 11.6 Å². The van der Waals surface area contributed by atoms with Gasteiger partial charge in [0.1, 0.15) is 17.5 Å². The van der Waals surface area contributed by atoms with Crippen LogP contribution in [0.2, 0.25) is 0 Å². The second-order valence-corrected chi connectivity index (χ2v) is 4.73. The lowest BCUT2D eigenvalue weighted by atomic mass is 10.0. The SMILES string of the molecule is Cn1ccnc1CCC(N)Cc1cc(F)cc(F)c1. The molecule has 0 bridgehead atoms. The maximum absolute atomic E-state index is 13.0. The van der Waals surface area contributed by atoms with Gasteiger partial charge in [-0.1, -0.05) is 0 Å². The van der Waals surface area contributed by atoms with E-state index in [4.69, 9.17) is 5.73 Å². The molecule has 0 saturated carbocycles. The zero-order valence-electron chi connectivity index (χ0n) is 10.8. The van der Waals surface area contributed by atoms with Gasteiger partial charge in [0, 0.05) is 38.0 Å². The highest BCUT2D eigenvalue weighted by atomic mass is 19.1. The minimum absolute atomic E-state index is 0.141. The van der Waals surface area contributed by atoms with E-state index >= 15 is 0 Å². The van der Waals surface area contributed by atoms with Crippen molar-refractivity contribution in [2.24, 2.45) is 12.8 Å². The number of imidazole rings is 1. The summed E-state index contributed by atoms with van der Waals surface area (Å²) in [4.78, 5) is 4.21. The minimum atomic E-state index is -0.564. The van der Waals surface area contributed by atoms with Crippen molar-refractivity contribution in [2.75, 3.05) is 0 Å². The molecule has 102 valence electrons. The fourth-order valence-corrected chi connectivity index (χ4v) is 2.09. The van der Waals surface area contributed by atoms with Crippen LogP contribution in [0.15, 0.2) is 30.6 Å². The van der Waals surface area contributed by atoms with E-state index in [2.05, 4.69) is 4.98 Å². The van der Waals surface area contributed by atoms with Crippen molar-refractivity contribution < 1.29 is 8.78 Å². The van der Waals surface area contributed by atoms with Gasteiger partial charge in [-0.15, -0.1) is 0 Å². The highest BCUT2D eigenvalue weighted by Gasteiger charge is 2.09. The van der Waals surface area contributed by atoms with Crippen LogP contribution in [-0.2, 0) is 19.9 Å². The highest BCUT2D eigenvalue weighted by molar-refractivity contribution is 5.18. The third kappa shape index (κ3) is 3.86. The van der Waals surface area contributed by atoms with Crippen LogP contribution in [0.25, 0.3) is 0 Å². The maximum Gasteiger partial charge on any atom is 0.126 e. The van der Waals surface area contributed by atoms with Crippen LogP contribution in [0.1, 0.15) is 17.8 Å². The van der Waals surface area contributed by atoms with Gasteiger partial charge in [0.2, 0.25) is 0 Å². The first-order valence-electron chi connectivity index (χ1n) is 6.21. The summed E-state index contributed by atoms with van der Waals surface area (Å²) in [6.45, 7) is 0. The second kappa shape index (κ2) is 5.93. The van der Waals surface area contributed by atoms with Gasteiger partial charge in [-0.05, 0) is 30.5 Å². The first-order valence-corrected chi connectivity index (χ1v) is 6.21. The van der Waals surface area contributed by atoms with Gasteiger partial charge in [-0.25, -0.2) is 13.8 Å². The average molecular weight is 265 g/mol. The Morgan fingerprint density at radius 2 is 1.95 bits per heavy atom. The Balaban J connectivity index is 1.90. The predicted octanol–water partition coefficient (Wildman–Crippen LogP) is 2.20. The molecule has 0 aliphatic heterocycles. The molecule has 1 aromatic heterocycles. The van der Waals surface area contributed by atoms with Gasteiger partial charge in [0.05, 0.1) is 0 Å². The topological polar surface area (TPSA) is 43.8 Å². The van der Waals surface area contributed by atoms with E-state index in [0.717, 1.165) is 24.7 Å². The molecule has 3 nitrogen and oxygen atoms in total. The first kappa shape index (κ1) is 13.7. The number of aromatic nitrogens is 2. The van der Waals surface area contributed by atoms with E-state index in [0.29, 0.717) is 12.0 Å². The molecule has 2 aromatic rings. The van der Waals surface area contributed by atoms with Gasteiger partial charge in [0.15, 0.2) is 0 Å². The van der Waals surface area contributed by atoms with Crippen LogP contribution in [0.3, 0.4) is 0 Å². The Morgan fingerprint density at radius 1 is 1.26 bits per heavy atom. The molecule has 2 rings (SSSR count). The predicted molar refractivity (Wildman–Crippen MR) is 69.6 cm³/mol. The van der Waals surface area contributed by atoms with E-state index in [1.807, 2.05) is 17.8 Å². The Morgan fingerprint density at radius 3 is 2.53 bits per heavy atom. The van der Waals surface area contributed by atoms with Crippen molar-refractivity contribution in [3.63, 3.8) is 0 Å². The molecule has 2 N–H and O–H groups in total. The molecule has 1 unspecified atom stereocenters. The smallest absolute Gasteiger partial charge is 0.126 e. The Kier molecular flexibility index (Phi) is 4.27. The van der Waals surface area contributed by atoms with Crippen LogP contribution in [0.5, 0.6) is 0 Å². The first-order chi connectivity index (χ1) is 9.04. The summed E-state index contributed by atoms with van der Waals surface area (Å²) in [5.41, 5.74) is 6.58. The largest absolute Gasteiger partial charge is 0.338 e. The zero-order valence-corrected chi connectivity index (χ0v) is 10.8. The summed E-state index contributed by atoms with van der Waals surface area (Å²) in [5, 5.41) is 0. The van der Waals surface area contributed by atoms with Crippen molar-refractivity contribution in [2.45, 2.75) is 25.3 Å². The molecule has 1 aromatic carbocycles. The second-order valence-electron chi connectivity index (χ2n) is 4.73. The average Bonchev–Trinajstić information content (AvgIpc) is 2.71. The van der Waals surface area contributed by atoms with E-state index in [9.17, 15) is 8.78 Å². The maximum atomic E-state index is 13.0. The summed E-state index contributed by atoms with van der Waals surface area (Å²) in [5.74, 6) is -0.168. The Labute approximate surface area is 111 Å². The number of rotatable bonds is 5. The molecule has 0 aliphatic carbocycles. The van der Waals surface area contributed by atoms with Crippen LogP contribution in [0, 0.1) is 11.6 Å². The Bertz CT molecular complexity index is 531. The van der Waals surface area contributed by atoms with Gasteiger partial charge in [-0.2, -0.15) is 0 Å². The van der Waals surface area contributed by atoms with E-state index in [-0.39, 0.29) is 6.04 Å². The van der Waals surface area contributed by atoms with Crippen molar-refractivity contribution in [3.05, 3.63) is 53.6 Å². The molecule has 19 heavy (non-hydrogen) atoms. The number of nitrogens with zero attached hydrogens (tertiary/aromatic N) is 2. The lowest BCUT2D eigenvalue weighted by Crippen LogP contribution is -2.24. The third-order valence-corrected chi connectivity index (χ3v) is 3.08. The number of benzene rings is 1. The third-order valence-electron chi connectivity index (χ3n) is 3.08. The molecular weight excluding hydrogens is 248 g/mol. The van der Waals surface area contributed by atoms with Crippen LogP contribution in [0.4, 0.5) is 8.78 Å². The van der Waals surface area contributed by atoms with Crippen molar-refractivity contribution >= 4 is 0 Å². The van der Waals surface area contributed by atoms with Crippen LogP contribution >= 0.6 is 0 Å². The van der Waals surface area contributed by atoms with Crippen molar-refractivity contribution in [1.82, 2.24) is 9.55 Å². The molecule has 5 heteroatoms. The molecule has 1 heterocycles. The van der Waals surface area contributed by atoms with Crippen LogP contribution in [-0.4, -0.2) is 15.6 Å². The summed E-state index contributed by atoms with van der Waals surface area (Å²) < 4.78 is 28.0. The highest BCUT2D eigenvalue weighted by Crippen LogP contribution is 2.11. The van der Waals surface area contributed by atoms with Gasteiger partial charge >= 0.3 is 0 Å². The molecule has 0 amide bonds. The molecule has 0 fully saturated rings. The summed E-state index contributed by atoms with van der Waals surface area (Å²) >= 11 is 0. The summed E-state index contributed by atoms with van der Waals surface area (Å²) in [6, 6.07) is 3.37. The van der Waals surface area contributed by atoms with E-state index in [1.165, 1.54) is 12.1 Å². The van der Waals surface area contributed by atoms with Crippen molar-refractivity contribution in [1.29, 1.82) is 0 Å². The lowest BCUT2D eigenvalue weighted by molar-refractivity contribution is 0.563. The summed E-state index contributed by atoms with van der Waals surface area (Å²) in [7, 11) is 1.93. The number of halogens is 2. The van der Waals surface area contributed by atoms with E-state index in [1.54, 1.807) is 6.20 Å². The number of hydrogen-bond donors (Lipinski definition) is 1. The number of hydrogen-bond acceptors (Lipinski definition) is 2. The monoisotopic (exact) mass is 265 g/mol. The van der Waals surface area contributed by atoms with Gasteiger partial charge in [-0.3, -0.25) is 0 Å². The zero-order chi connectivity index (χ0) is 13.8. The molecule has 0 aliphatic rings. The molecule has 1 atom stereocenters. The molecule has 0 radical (unpaired) electrons. The van der Waals surface area contributed by atoms with Gasteiger partial charge < -0.3 is 10.3 Å². The summed E-state index contributed by atoms with van der Waals surface area (Å²) in [6.07, 6.45) is 5.55.